The first-order chi connectivity index (χ1) is 6.65. The molecule has 0 aromatic rings. The molecule has 1 heterocycles. The van der Waals surface area contributed by atoms with Crippen molar-refractivity contribution in [3.05, 3.63) is 0 Å². The standard InChI is InChI=1S/C8H15N3O3/c1-5(6-2-3-14-4-6)10-7(12)8(13)11-9/h5-6H,2-4,9H2,1H3,(H,10,12)(H,11,13). The van der Waals surface area contributed by atoms with Crippen LogP contribution in [0.1, 0.15) is 13.3 Å². The van der Waals surface area contributed by atoms with Gasteiger partial charge in [-0.3, -0.25) is 15.0 Å². The molecule has 0 radical (unpaired) electrons. The molecular formula is C8H15N3O3. The monoisotopic (exact) mass is 201 g/mol. The Labute approximate surface area is 82.1 Å². The van der Waals surface area contributed by atoms with E-state index in [1.165, 1.54) is 0 Å². The minimum Gasteiger partial charge on any atom is -0.381 e. The molecule has 2 unspecified atom stereocenters. The average molecular weight is 201 g/mol. The van der Waals surface area contributed by atoms with Gasteiger partial charge in [-0.1, -0.05) is 0 Å². The highest BCUT2D eigenvalue weighted by Crippen LogP contribution is 2.15. The maximum absolute atomic E-state index is 11.1. The Hall–Kier alpha value is -1.14. The highest BCUT2D eigenvalue weighted by molar-refractivity contribution is 6.34. The van der Waals surface area contributed by atoms with Crippen molar-refractivity contribution in [3.63, 3.8) is 0 Å². The van der Waals surface area contributed by atoms with Gasteiger partial charge in [0.15, 0.2) is 0 Å². The van der Waals surface area contributed by atoms with Crippen molar-refractivity contribution < 1.29 is 14.3 Å². The summed E-state index contributed by atoms with van der Waals surface area (Å²) in [5.74, 6) is 3.57. The van der Waals surface area contributed by atoms with Crippen LogP contribution in [0.15, 0.2) is 0 Å². The maximum atomic E-state index is 11.1. The van der Waals surface area contributed by atoms with Crippen LogP contribution >= 0.6 is 0 Å². The summed E-state index contributed by atoms with van der Waals surface area (Å²) < 4.78 is 5.17. The van der Waals surface area contributed by atoms with Gasteiger partial charge < -0.3 is 10.1 Å². The van der Waals surface area contributed by atoms with E-state index in [2.05, 4.69) is 5.32 Å². The zero-order valence-electron chi connectivity index (χ0n) is 8.08. The van der Waals surface area contributed by atoms with Crippen molar-refractivity contribution in [1.29, 1.82) is 0 Å². The lowest BCUT2D eigenvalue weighted by Crippen LogP contribution is -2.48. The number of hydrogen-bond donors (Lipinski definition) is 3. The minimum atomic E-state index is -0.823. The fraction of sp³-hybridized carbons (Fsp3) is 0.750. The number of hydrogen-bond acceptors (Lipinski definition) is 4. The second kappa shape index (κ2) is 4.92. The number of ether oxygens (including phenoxy) is 1. The summed E-state index contributed by atoms with van der Waals surface area (Å²) in [7, 11) is 0. The summed E-state index contributed by atoms with van der Waals surface area (Å²) in [5, 5.41) is 2.56. The molecule has 0 aromatic heterocycles. The molecule has 1 fully saturated rings. The van der Waals surface area contributed by atoms with Gasteiger partial charge in [0.05, 0.1) is 6.61 Å². The van der Waals surface area contributed by atoms with Crippen LogP contribution in [0.5, 0.6) is 0 Å². The van der Waals surface area contributed by atoms with E-state index in [4.69, 9.17) is 10.6 Å². The number of amides is 2. The van der Waals surface area contributed by atoms with Gasteiger partial charge >= 0.3 is 11.8 Å². The first kappa shape index (κ1) is 10.9. The molecule has 6 heteroatoms. The topological polar surface area (TPSA) is 93.5 Å². The van der Waals surface area contributed by atoms with Crippen LogP contribution < -0.4 is 16.6 Å². The lowest BCUT2D eigenvalue weighted by molar-refractivity contribution is -0.139. The SMILES string of the molecule is CC(NC(=O)C(=O)NN)C1CCOC1. The van der Waals surface area contributed by atoms with Crippen molar-refractivity contribution in [2.75, 3.05) is 13.2 Å². The van der Waals surface area contributed by atoms with Gasteiger partial charge in [0, 0.05) is 18.6 Å². The van der Waals surface area contributed by atoms with Crippen molar-refractivity contribution in [1.82, 2.24) is 10.7 Å². The predicted octanol–water partition coefficient (Wildman–Crippen LogP) is -1.48. The lowest BCUT2D eigenvalue weighted by Gasteiger charge is -2.18. The highest BCUT2D eigenvalue weighted by Gasteiger charge is 2.25. The zero-order valence-corrected chi connectivity index (χ0v) is 8.08. The summed E-state index contributed by atoms with van der Waals surface area (Å²) in [4.78, 5) is 21.9. The molecule has 0 bridgehead atoms. The maximum Gasteiger partial charge on any atom is 0.323 e. The first-order valence-corrected chi connectivity index (χ1v) is 4.54. The van der Waals surface area contributed by atoms with E-state index in [9.17, 15) is 9.59 Å². The van der Waals surface area contributed by atoms with Crippen molar-refractivity contribution in [3.8, 4) is 0 Å². The summed E-state index contributed by atoms with van der Waals surface area (Å²) >= 11 is 0. The summed E-state index contributed by atoms with van der Waals surface area (Å²) in [5.41, 5.74) is 1.78. The van der Waals surface area contributed by atoms with Crippen molar-refractivity contribution >= 4 is 11.8 Å². The zero-order chi connectivity index (χ0) is 10.6. The number of carbonyl (C=O) groups excluding carboxylic acids is 2. The molecule has 0 aliphatic carbocycles. The van der Waals surface area contributed by atoms with Gasteiger partial charge in [0.2, 0.25) is 0 Å². The molecule has 1 rings (SSSR count). The van der Waals surface area contributed by atoms with E-state index in [0.717, 1.165) is 6.42 Å². The first-order valence-electron chi connectivity index (χ1n) is 4.54. The molecule has 1 aliphatic heterocycles. The highest BCUT2D eigenvalue weighted by atomic mass is 16.5. The molecule has 2 atom stereocenters. The molecule has 4 N–H and O–H groups in total. The second-order valence-corrected chi connectivity index (χ2v) is 3.36. The van der Waals surface area contributed by atoms with Crippen LogP contribution in [-0.4, -0.2) is 31.1 Å². The Bertz CT molecular complexity index is 226. The van der Waals surface area contributed by atoms with Crippen molar-refractivity contribution in [2.45, 2.75) is 19.4 Å². The number of carbonyl (C=O) groups is 2. The number of rotatable bonds is 2. The van der Waals surface area contributed by atoms with Gasteiger partial charge in [0.1, 0.15) is 0 Å². The van der Waals surface area contributed by atoms with Gasteiger partial charge in [-0.15, -0.1) is 0 Å². The molecule has 6 nitrogen and oxygen atoms in total. The van der Waals surface area contributed by atoms with Crippen LogP contribution in [0.4, 0.5) is 0 Å². The van der Waals surface area contributed by atoms with Crippen LogP contribution in [0.3, 0.4) is 0 Å². The fourth-order valence-electron chi connectivity index (χ4n) is 1.40. The second-order valence-electron chi connectivity index (χ2n) is 3.36. The van der Waals surface area contributed by atoms with Gasteiger partial charge in [0.25, 0.3) is 0 Å². The molecule has 80 valence electrons. The molecule has 2 amide bonds. The summed E-state index contributed by atoms with van der Waals surface area (Å²) in [6.07, 6.45) is 0.908. The summed E-state index contributed by atoms with van der Waals surface area (Å²) in [6.45, 7) is 3.20. The third kappa shape index (κ3) is 2.68. The third-order valence-corrected chi connectivity index (χ3v) is 2.37. The molecule has 0 aromatic carbocycles. The Morgan fingerprint density at radius 2 is 2.21 bits per heavy atom. The normalized spacial score (nSPS) is 22.9. The average Bonchev–Trinajstić information content (AvgIpc) is 2.69. The van der Waals surface area contributed by atoms with E-state index >= 15 is 0 Å². The molecule has 14 heavy (non-hydrogen) atoms. The Morgan fingerprint density at radius 1 is 1.50 bits per heavy atom. The van der Waals surface area contributed by atoms with E-state index < -0.39 is 11.8 Å². The molecular weight excluding hydrogens is 186 g/mol. The Morgan fingerprint density at radius 3 is 2.71 bits per heavy atom. The minimum absolute atomic E-state index is 0.0673. The van der Waals surface area contributed by atoms with E-state index in [0.29, 0.717) is 13.2 Å². The molecule has 1 saturated heterocycles. The van der Waals surface area contributed by atoms with E-state index in [1.54, 1.807) is 5.43 Å². The smallest absolute Gasteiger partial charge is 0.323 e. The quantitative estimate of drug-likeness (QED) is 0.220. The van der Waals surface area contributed by atoms with Crippen molar-refractivity contribution in [2.24, 2.45) is 11.8 Å². The number of nitrogens with two attached hydrogens (primary N) is 1. The van der Waals surface area contributed by atoms with E-state index in [1.807, 2.05) is 6.92 Å². The van der Waals surface area contributed by atoms with Crippen LogP contribution in [0.2, 0.25) is 0 Å². The fourth-order valence-corrected chi connectivity index (χ4v) is 1.40. The largest absolute Gasteiger partial charge is 0.381 e. The van der Waals surface area contributed by atoms with Gasteiger partial charge in [-0.25, -0.2) is 5.84 Å². The summed E-state index contributed by atoms with van der Waals surface area (Å²) in [6, 6.07) is -0.0673. The molecule has 0 spiro atoms. The Kier molecular flexibility index (Phi) is 3.84. The number of nitrogens with one attached hydrogen (secondary N) is 2. The molecule has 1 aliphatic rings. The van der Waals surface area contributed by atoms with E-state index in [-0.39, 0.29) is 12.0 Å². The predicted molar refractivity (Wildman–Crippen MR) is 48.9 cm³/mol. The van der Waals surface area contributed by atoms with Crippen LogP contribution in [0.25, 0.3) is 0 Å². The molecule has 0 saturated carbocycles. The van der Waals surface area contributed by atoms with Gasteiger partial charge in [-0.05, 0) is 13.3 Å². The van der Waals surface area contributed by atoms with Gasteiger partial charge in [-0.2, -0.15) is 0 Å². The van der Waals surface area contributed by atoms with Crippen LogP contribution in [0, 0.1) is 5.92 Å². The third-order valence-electron chi connectivity index (χ3n) is 2.37. The lowest BCUT2D eigenvalue weighted by atomic mass is 10.0. The Balaban J connectivity index is 2.35. The number of hydrazine groups is 1. The van der Waals surface area contributed by atoms with Crippen LogP contribution in [-0.2, 0) is 14.3 Å².